The standard InChI is InChI=1S/C23H23N3O2S/c1-13(2)22-25-26-23(29-22)24-18-12-19(16-6-8-17(27-5)9-7-16)28-20-11-14(3)10-15(4)21(18)20/h6-13H,1-5H3/b24-18+. The third-order valence-electron chi connectivity index (χ3n) is 4.70. The number of fused-ring (bicyclic) bond motifs is 1. The summed E-state index contributed by atoms with van der Waals surface area (Å²) in [5, 5.41) is 12.0. The number of rotatable bonds is 4. The van der Waals surface area contributed by atoms with Gasteiger partial charge in [-0.3, -0.25) is 0 Å². The van der Waals surface area contributed by atoms with Gasteiger partial charge in [-0.25, -0.2) is 4.99 Å². The van der Waals surface area contributed by atoms with E-state index >= 15 is 0 Å². The Labute approximate surface area is 173 Å². The summed E-state index contributed by atoms with van der Waals surface area (Å²) in [6, 6.07) is 14.0. The summed E-state index contributed by atoms with van der Waals surface area (Å²) in [5.74, 6) is 1.89. The highest BCUT2D eigenvalue weighted by Crippen LogP contribution is 2.28. The SMILES string of the molecule is COc1ccc(-c2c/c(=N\c3nnc(C(C)C)s3)c3c(C)cc(C)cc3o2)cc1. The Morgan fingerprint density at radius 3 is 2.45 bits per heavy atom. The lowest BCUT2D eigenvalue weighted by Gasteiger charge is -2.08. The normalized spacial score (nSPS) is 12.1. The molecule has 0 fully saturated rings. The van der Waals surface area contributed by atoms with Crippen molar-refractivity contribution in [2.45, 2.75) is 33.6 Å². The van der Waals surface area contributed by atoms with E-state index in [2.05, 4.69) is 44.0 Å². The summed E-state index contributed by atoms with van der Waals surface area (Å²) in [6.07, 6.45) is 0. The number of hydrogen-bond acceptors (Lipinski definition) is 6. The molecule has 0 amide bonds. The van der Waals surface area contributed by atoms with Gasteiger partial charge in [-0.15, -0.1) is 10.2 Å². The zero-order valence-electron chi connectivity index (χ0n) is 17.2. The molecule has 0 bridgehead atoms. The summed E-state index contributed by atoms with van der Waals surface area (Å²) in [6.45, 7) is 8.36. The Balaban J connectivity index is 1.96. The van der Waals surface area contributed by atoms with Gasteiger partial charge in [-0.1, -0.05) is 31.3 Å². The van der Waals surface area contributed by atoms with Crippen molar-refractivity contribution in [3.8, 4) is 17.1 Å². The van der Waals surface area contributed by atoms with Gasteiger partial charge in [-0.05, 0) is 55.3 Å². The number of ether oxygens (including phenoxy) is 1. The maximum Gasteiger partial charge on any atom is 0.232 e. The van der Waals surface area contributed by atoms with E-state index in [0.29, 0.717) is 11.0 Å². The maximum atomic E-state index is 6.27. The second kappa shape index (κ2) is 7.79. The predicted molar refractivity (Wildman–Crippen MR) is 117 cm³/mol. The largest absolute Gasteiger partial charge is 0.497 e. The van der Waals surface area contributed by atoms with Crippen LogP contribution in [0.2, 0.25) is 0 Å². The van der Waals surface area contributed by atoms with Crippen LogP contribution in [0.15, 0.2) is 51.9 Å². The maximum absolute atomic E-state index is 6.27. The molecule has 2 aromatic carbocycles. The molecule has 4 rings (SSSR count). The van der Waals surface area contributed by atoms with Crippen molar-refractivity contribution in [2.75, 3.05) is 7.11 Å². The molecule has 0 aliphatic carbocycles. The van der Waals surface area contributed by atoms with Crippen LogP contribution in [0, 0.1) is 13.8 Å². The van der Waals surface area contributed by atoms with Crippen molar-refractivity contribution in [2.24, 2.45) is 4.99 Å². The molecule has 0 spiro atoms. The summed E-state index contributed by atoms with van der Waals surface area (Å²) in [7, 11) is 1.66. The van der Waals surface area contributed by atoms with Crippen molar-refractivity contribution < 1.29 is 9.15 Å². The predicted octanol–water partition coefficient (Wildman–Crippen LogP) is 5.93. The molecule has 29 heavy (non-hydrogen) atoms. The Morgan fingerprint density at radius 1 is 1.03 bits per heavy atom. The third-order valence-corrected chi connectivity index (χ3v) is 5.82. The second-order valence-corrected chi connectivity index (χ2v) is 8.36. The van der Waals surface area contributed by atoms with E-state index in [-0.39, 0.29) is 0 Å². The Morgan fingerprint density at radius 2 is 1.79 bits per heavy atom. The lowest BCUT2D eigenvalue weighted by Crippen LogP contribution is -2.05. The molecule has 0 radical (unpaired) electrons. The van der Waals surface area contributed by atoms with Crippen molar-refractivity contribution in [1.82, 2.24) is 10.2 Å². The highest BCUT2D eigenvalue weighted by molar-refractivity contribution is 7.15. The molecule has 0 saturated heterocycles. The number of aromatic nitrogens is 2. The Bertz CT molecular complexity index is 1240. The summed E-state index contributed by atoms with van der Waals surface area (Å²) < 4.78 is 11.5. The minimum absolute atomic E-state index is 0.332. The van der Waals surface area contributed by atoms with Gasteiger partial charge in [0.25, 0.3) is 0 Å². The average molecular weight is 406 g/mol. The van der Waals surface area contributed by atoms with Crippen LogP contribution in [-0.2, 0) is 0 Å². The van der Waals surface area contributed by atoms with Crippen LogP contribution >= 0.6 is 11.3 Å². The molecule has 6 heteroatoms. The topological polar surface area (TPSA) is 60.5 Å². The van der Waals surface area contributed by atoms with Gasteiger partial charge in [0, 0.05) is 22.9 Å². The summed E-state index contributed by atoms with van der Waals surface area (Å²) in [5.41, 5.74) is 4.04. The van der Waals surface area contributed by atoms with Gasteiger partial charge in [0.1, 0.15) is 22.1 Å². The lowest BCUT2D eigenvalue weighted by molar-refractivity contribution is 0.415. The monoisotopic (exact) mass is 405 g/mol. The van der Waals surface area contributed by atoms with E-state index in [0.717, 1.165) is 49.5 Å². The fourth-order valence-corrected chi connectivity index (χ4v) is 4.01. The lowest BCUT2D eigenvalue weighted by atomic mass is 10.0. The highest BCUT2D eigenvalue weighted by atomic mass is 32.1. The van der Waals surface area contributed by atoms with Gasteiger partial charge in [0.15, 0.2) is 0 Å². The number of aryl methyl sites for hydroxylation is 2. The van der Waals surface area contributed by atoms with E-state index in [1.165, 1.54) is 11.3 Å². The second-order valence-electron chi connectivity index (χ2n) is 7.37. The molecule has 0 aliphatic rings. The first-order valence-corrected chi connectivity index (χ1v) is 10.3. The third kappa shape index (κ3) is 3.93. The van der Waals surface area contributed by atoms with E-state index in [1.807, 2.05) is 36.4 Å². The van der Waals surface area contributed by atoms with Gasteiger partial charge in [-0.2, -0.15) is 0 Å². The van der Waals surface area contributed by atoms with Crippen LogP contribution in [0.4, 0.5) is 5.13 Å². The minimum Gasteiger partial charge on any atom is -0.497 e. The van der Waals surface area contributed by atoms with Crippen molar-refractivity contribution in [1.29, 1.82) is 0 Å². The van der Waals surface area contributed by atoms with E-state index in [1.54, 1.807) is 7.11 Å². The first-order valence-electron chi connectivity index (χ1n) is 9.52. The van der Waals surface area contributed by atoms with Gasteiger partial charge in [0.2, 0.25) is 5.13 Å². The quantitative estimate of drug-likeness (QED) is 0.422. The van der Waals surface area contributed by atoms with Crippen LogP contribution in [0.1, 0.15) is 35.9 Å². The van der Waals surface area contributed by atoms with E-state index in [9.17, 15) is 0 Å². The average Bonchev–Trinajstić information content (AvgIpc) is 3.16. The van der Waals surface area contributed by atoms with Gasteiger partial charge in [0.05, 0.1) is 12.5 Å². The molecule has 2 heterocycles. The minimum atomic E-state index is 0.332. The fourth-order valence-electron chi connectivity index (χ4n) is 3.28. The van der Waals surface area contributed by atoms with Crippen molar-refractivity contribution in [3.05, 3.63) is 64.0 Å². The molecular weight excluding hydrogens is 382 g/mol. The molecule has 2 aromatic heterocycles. The van der Waals surface area contributed by atoms with Gasteiger partial charge >= 0.3 is 0 Å². The number of benzene rings is 2. The number of hydrogen-bond donors (Lipinski definition) is 0. The first-order chi connectivity index (χ1) is 13.9. The van der Waals surface area contributed by atoms with Crippen LogP contribution < -0.4 is 10.1 Å². The molecule has 0 unspecified atom stereocenters. The molecule has 0 N–H and O–H groups in total. The number of methoxy groups -OCH3 is 1. The fraction of sp³-hybridized carbons (Fsp3) is 0.261. The first kappa shape index (κ1) is 19.3. The highest BCUT2D eigenvalue weighted by Gasteiger charge is 2.11. The molecule has 4 aromatic rings. The van der Waals surface area contributed by atoms with Crippen LogP contribution in [0.5, 0.6) is 5.75 Å². The van der Waals surface area contributed by atoms with Crippen LogP contribution in [-0.4, -0.2) is 17.3 Å². The molecule has 5 nitrogen and oxygen atoms in total. The molecule has 0 aliphatic heterocycles. The molecule has 0 atom stereocenters. The zero-order chi connectivity index (χ0) is 20.5. The smallest absolute Gasteiger partial charge is 0.232 e. The zero-order valence-corrected chi connectivity index (χ0v) is 18.0. The van der Waals surface area contributed by atoms with Crippen molar-refractivity contribution >= 4 is 27.4 Å². The van der Waals surface area contributed by atoms with Crippen molar-refractivity contribution in [3.63, 3.8) is 0 Å². The molecule has 148 valence electrons. The van der Waals surface area contributed by atoms with Gasteiger partial charge < -0.3 is 9.15 Å². The molecule has 0 saturated carbocycles. The summed E-state index contributed by atoms with van der Waals surface area (Å²) in [4.78, 5) is 4.84. The Hall–Kier alpha value is -2.99. The summed E-state index contributed by atoms with van der Waals surface area (Å²) >= 11 is 1.52. The van der Waals surface area contributed by atoms with E-state index < -0.39 is 0 Å². The van der Waals surface area contributed by atoms with Crippen LogP contribution in [0.3, 0.4) is 0 Å². The molecular formula is C23H23N3O2S. The Kier molecular flexibility index (Phi) is 5.20. The van der Waals surface area contributed by atoms with Crippen LogP contribution in [0.25, 0.3) is 22.3 Å². The van der Waals surface area contributed by atoms with E-state index in [4.69, 9.17) is 14.1 Å². The number of nitrogens with zero attached hydrogens (tertiary/aromatic N) is 3.